The van der Waals surface area contributed by atoms with Gasteiger partial charge in [-0.3, -0.25) is 43.3 Å². The van der Waals surface area contributed by atoms with Gasteiger partial charge in [0, 0.05) is 56.0 Å². The molecule has 6 atom stereocenters. The highest BCUT2D eigenvalue weighted by molar-refractivity contribution is 5.99. The van der Waals surface area contributed by atoms with Crippen LogP contribution in [0.15, 0.2) is 90.1 Å². The fourth-order valence-electron chi connectivity index (χ4n) is 8.75. The summed E-state index contributed by atoms with van der Waals surface area (Å²) < 4.78 is 0. The molecule has 0 spiro atoms. The van der Waals surface area contributed by atoms with Crippen LogP contribution in [0.2, 0.25) is 0 Å². The lowest BCUT2D eigenvalue weighted by atomic mass is 10.0. The van der Waals surface area contributed by atoms with Crippen molar-refractivity contribution in [2.24, 2.45) is 22.2 Å². The number of primary amides is 1. The zero-order valence-electron chi connectivity index (χ0n) is 39.3. The third kappa shape index (κ3) is 14.1. The molecule has 70 heavy (non-hydrogen) atoms. The van der Waals surface area contributed by atoms with Crippen LogP contribution in [0.1, 0.15) is 93.0 Å². The van der Waals surface area contributed by atoms with Gasteiger partial charge in [0.25, 0.3) is 0 Å². The van der Waals surface area contributed by atoms with Crippen molar-refractivity contribution in [3.8, 4) is 0 Å². The smallest absolute Gasteiger partial charge is 0.248 e. The summed E-state index contributed by atoms with van der Waals surface area (Å²) in [5.41, 5.74) is 20.3. The first-order valence-corrected chi connectivity index (χ1v) is 23.8. The number of carbonyl (C=O) groups is 8. The number of aromatic amines is 1. The van der Waals surface area contributed by atoms with Crippen LogP contribution in [-0.4, -0.2) is 106 Å². The molecule has 20 heteroatoms. The third-order valence-corrected chi connectivity index (χ3v) is 12.4. The summed E-state index contributed by atoms with van der Waals surface area (Å²) in [6.45, 7) is 2.10. The molecule has 372 valence electrons. The van der Waals surface area contributed by atoms with Crippen molar-refractivity contribution in [2.45, 2.75) is 120 Å². The Labute approximate surface area is 406 Å². The minimum absolute atomic E-state index is 0.0118. The number of rotatable bonds is 13. The molecule has 0 saturated carbocycles. The molecule has 0 radical (unpaired) electrons. The van der Waals surface area contributed by atoms with Gasteiger partial charge in [-0.25, -0.2) is 0 Å². The number of H-pyrrole nitrogens is 1. The fourth-order valence-corrected chi connectivity index (χ4v) is 8.75. The van der Waals surface area contributed by atoms with Crippen molar-refractivity contribution >= 4 is 64.1 Å². The molecule has 1 fully saturated rings. The summed E-state index contributed by atoms with van der Waals surface area (Å²) in [7, 11) is 0. The van der Waals surface area contributed by atoms with Crippen LogP contribution in [-0.2, 0) is 57.7 Å². The topological polar surface area (TPSA) is 318 Å². The third-order valence-electron chi connectivity index (χ3n) is 12.4. The van der Waals surface area contributed by atoms with E-state index in [9.17, 15) is 38.4 Å². The standard InChI is InChI=1S/C50H64N12O8/c1-2-3-22-41(63)57-40-27-42(64)54-23-12-11-20-36(44(51)65)58-47(68)39(26-32-28-56-35-19-10-9-17-33(32)35)60-45(66)37(21-13-24-55-50(52)53)59-46(67)38(25-30-14-5-4-6-15-30)61-48(69)43-34-18-8-7-16-31(34)29-62(43)49(40)70/h4-10,14-19,28,36-40,43,56H,2-3,11-13,20-27,29H2,1H3,(H2,51,65)(H,54,64)(H,57,63)(H,58,68)(H,59,67)(H,60,66)(H,61,69)(H4,52,53,55)/t36-,37-,38+,39?,40-,43-/m0/s1. The van der Waals surface area contributed by atoms with E-state index < -0.39 is 89.9 Å². The monoisotopic (exact) mass is 960 g/mol. The molecule has 2 aliphatic rings. The van der Waals surface area contributed by atoms with Gasteiger partial charge < -0.3 is 59.0 Å². The molecule has 1 saturated heterocycles. The minimum Gasteiger partial charge on any atom is -0.370 e. The van der Waals surface area contributed by atoms with Crippen LogP contribution in [0.5, 0.6) is 0 Å². The van der Waals surface area contributed by atoms with Gasteiger partial charge in [-0.15, -0.1) is 0 Å². The zero-order valence-corrected chi connectivity index (χ0v) is 39.3. The van der Waals surface area contributed by atoms with Crippen LogP contribution in [0.3, 0.4) is 0 Å². The van der Waals surface area contributed by atoms with Crippen LogP contribution < -0.4 is 49.1 Å². The Balaban J connectivity index is 1.39. The van der Waals surface area contributed by atoms with Crippen LogP contribution in [0.4, 0.5) is 0 Å². The number of benzene rings is 3. The highest BCUT2D eigenvalue weighted by Crippen LogP contribution is 2.35. The number of guanidine groups is 1. The SMILES string of the molecule is CCCCC(=O)N[C@H]1CC(=O)NCCCC[C@@H](C(N)=O)NC(=O)C(Cc2c[nH]c3ccccc23)NC(=O)[C@H](CCCN=C(N)N)NC(=O)[C@@H](Cc2ccccc2)NC(=O)[C@@H]2c3ccccc3CN2C1=O. The number of aliphatic imine (C=N–C) groups is 1. The van der Waals surface area contributed by atoms with Gasteiger partial charge in [-0.1, -0.05) is 86.1 Å². The normalized spacial score (nSPS) is 22.0. The molecule has 3 aromatic carbocycles. The first kappa shape index (κ1) is 51.6. The molecule has 20 nitrogen and oxygen atoms in total. The van der Waals surface area contributed by atoms with Crippen molar-refractivity contribution in [3.05, 3.63) is 107 Å². The second kappa shape index (κ2) is 25.0. The van der Waals surface area contributed by atoms with Crippen molar-refractivity contribution in [1.82, 2.24) is 41.8 Å². The molecule has 0 bridgehead atoms. The second-order valence-electron chi connectivity index (χ2n) is 17.7. The summed E-state index contributed by atoms with van der Waals surface area (Å²) in [5, 5.41) is 17.5. The van der Waals surface area contributed by atoms with E-state index in [0.717, 1.165) is 10.9 Å². The van der Waals surface area contributed by atoms with E-state index in [4.69, 9.17) is 17.2 Å². The van der Waals surface area contributed by atoms with Gasteiger partial charge >= 0.3 is 0 Å². The van der Waals surface area contributed by atoms with Gasteiger partial charge in [0.2, 0.25) is 47.3 Å². The van der Waals surface area contributed by atoms with Crippen LogP contribution in [0.25, 0.3) is 10.9 Å². The summed E-state index contributed by atoms with van der Waals surface area (Å²) >= 11 is 0. The number of amides is 8. The molecule has 1 aromatic heterocycles. The Hall–Kier alpha value is -7.77. The number of aromatic nitrogens is 1. The molecule has 2 aliphatic heterocycles. The second-order valence-corrected chi connectivity index (χ2v) is 17.7. The van der Waals surface area contributed by atoms with Gasteiger partial charge in [-0.2, -0.15) is 0 Å². The quantitative estimate of drug-likeness (QED) is 0.0513. The number of para-hydroxylation sites is 1. The Morgan fingerprint density at radius 1 is 0.757 bits per heavy atom. The maximum absolute atomic E-state index is 14.8. The van der Waals surface area contributed by atoms with Crippen molar-refractivity contribution in [1.29, 1.82) is 0 Å². The Morgan fingerprint density at radius 3 is 2.19 bits per heavy atom. The maximum Gasteiger partial charge on any atom is 0.248 e. The van der Waals surface area contributed by atoms with Crippen molar-refractivity contribution in [3.63, 3.8) is 0 Å². The van der Waals surface area contributed by atoms with Crippen molar-refractivity contribution in [2.75, 3.05) is 13.1 Å². The highest BCUT2D eigenvalue weighted by Gasteiger charge is 2.43. The molecule has 13 N–H and O–H groups in total. The Kier molecular flexibility index (Phi) is 18.4. The first-order valence-electron chi connectivity index (χ1n) is 23.8. The van der Waals surface area contributed by atoms with Crippen molar-refractivity contribution < 1.29 is 38.4 Å². The minimum atomic E-state index is -1.36. The Bertz CT molecular complexity index is 2540. The summed E-state index contributed by atoms with van der Waals surface area (Å²) in [6.07, 6.45) is 3.51. The number of carbonyl (C=O) groups excluding carboxylic acids is 8. The number of hydrogen-bond acceptors (Lipinski definition) is 9. The van der Waals surface area contributed by atoms with E-state index in [1.165, 1.54) is 4.90 Å². The van der Waals surface area contributed by atoms with E-state index in [1.807, 2.05) is 31.2 Å². The number of nitrogens with two attached hydrogens (primary N) is 3. The molecule has 4 aromatic rings. The number of fused-ring (bicyclic) bond motifs is 4. The molecular formula is C50H64N12O8. The van der Waals surface area contributed by atoms with E-state index in [0.29, 0.717) is 47.9 Å². The number of nitrogens with one attached hydrogen (secondary N) is 7. The number of unbranched alkanes of at least 4 members (excludes halogenated alkanes) is 1. The van der Waals surface area contributed by atoms with E-state index in [1.54, 1.807) is 60.8 Å². The zero-order chi connectivity index (χ0) is 50.2. The largest absolute Gasteiger partial charge is 0.370 e. The molecule has 3 heterocycles. The van der Waals surface area contributed by atoms with Crippen LogP contribution in [0, 0.1) is 0 Å². The lowest BCUT2D eigenvalue weighted by Gasteiger charge is -2.30. The van der Waals surface area contributed by atoms with Crippen LogP contribution >= 0.6 is 0 Å². The maximum atomic E-state index is 14.8. The fraction of sp³-hybridized carbons (Fsp3) is 0.420. The van der Waals surface area contributed by atoms with E-state index in [-0.39, 0.29) is 64.1 Å². The number of hydrogen-bond donors (Lipinski definition) is 10. The average molecular weight is 961 g/mol. The molecule has 6 rings (SSSR count). The van der Waals surface area contributed by atoms with Gasteiger partial charge in [-0.05, 0) is 66.8 Å². The number of nitrogens with zero attached hydrogens (tertiary/aromatic N) is 2. The van der Waals surface area contributed by atoms with E-state index in [2.05, 4.69) is 41.9 Å². The van der Waals surface area contributed by atoms with E-state index >= 15 is 0 Å². The average Bonchev–Trinajstić information content (AvgIpc) is 3.94. The molecule has 1 unspecified atom stereocenters. The Morgan fingerprint density at radius 2 is 1.43 bits per heavy atom. The summed E-state index contributed by atoms with van der Waals surface area (Å²) in [4.78, 5) is 121. The van der Waals surface area contributed by atoms with Gasteiger partial charge in [0.15, 0.2) is 5.96 Å². The molecule has 8 amide bonds. The lowest BCUT2D eigenvalue weighted by Crippen LogP contribution is -2.59. The summed E-state index contributed by atoms with van der Waals surface area (Å²) in [5.74, 6) is -5.61. The van der Waals surface area contributed by atoms with Gasteiger partial charge in [0.05, 0.1) is 6.42 Å². The van der Waals surface area contributed by atoms with Gasteiger partial charge in [0.1, 0.15) is 36.3 Å². The predicted molar refractivity (Wildman–Crippen MR) is 262 cm³/mol. The molecular weight excluding hydrogens is 897 g/mol. The predicted octanol–water partition coefficient (Wildman–Crippen LogP) is 0.880. The highest BCUT2D eigenvalue weighted by atomic mass is 16.2. The summed E-state index contributed by atoms with van der Waals surface area (Å²) in [6, 6.07) is 15.5. The molecule has 0 aliphatic carbocycles. The first-order chi connectivity index (χ1) is 33.7. The lowest BCUT2D eigenvalue weighted by molar-refractivity contribution is -0.145.